The fourth-order valence-corrected chi connectivity index (χ4v) is 4.31. The van der Waals surface area contributed by atoms with Crippen molar-refractivity contribution in [2.75, 3.05) is 12.4 Å². The highest BCUT2D eigenvalue weighted by atomic mass is 32.2. The Kier molecular flexibility index (Phi) is 7.58. The summed E-state index contributed by atoms with van der Waals surface area (Å²) in [6.45, 7) is 1.86. The molecule has 2 amide bonds. The second kappa shape index (κ2) is 10.3. The fraction of sp³-hybridized carbons (Fsp3) is 0.391. The number of carbonyl (C=O) groups is 2. The van der Waals surface area contributed by atoms with Gasteiger partial charge in [0.2, 0.25) is 5.91 Å². The van der Waals surface area contributed by atoms with Gasteiger partial charge in [0.15, 0.2) is 0 Å². The largest absolute Gasteiger partial charge is 0.497 e. The van der Waals surface area contributed by atoms with Crippen LogP contribution in [0.4, 0.5) is 5.69 Å². The molecule has 1 aliphatic rings. The summed E-state index contributed by atoms with van der Waals surface area (Å²) in [6, 6.07) is 15.0. The molecule has 6 heteroatoms. The molecule has 0 aromatic heterocycles. The average molecular weight is 413 g/mol. The zero-order valence-electron chi connectivity index (χ0n) is 16.9. The Morgan fingerprint density at radius 2 is 1.72 bits per heavy atom. The van der Waals surface area contributed by atoms with E-state index in [1.54, 1.807) is 19.2 Å². The molecule has 2 aromatic rings. The highest BCUT2D eigenvalue weighted by Crippen LogP contribution is 2.27. The highest BCUT2D eigenvalue weighted by Gasteiger charge is 2.21. The van der Waals surface area contributed by atoms with E-state index in [1.165, 1.54) is 18.2 Å². The van der Waals surface area contributed by atoms with Crippen LogP contribution in [0.3, 0.4) is 0 Å². The van der Waals surface area contributed by atoms with Crippen molar-refractivity contribution in [2.24, 2.45) is 0 Å². The normalized spacial score (nSPS) is 15.4. The maximum atomic E-state index is 12.8. The number of amides is 2. The topological polar surface area (TPSA) is 67.4 Å². The molecule has 0 saturated heterocycles. The molecule has 2 N–H and O–H groups in total. The number of nitrogens with one attached hydrogen (secondary N) is 2. The number of methoxy groups -OCH3 is 1. The van der Waals surface area contributed by atoms with Crippen molar-refractivity contribution in [3.05, 3.63) is 54.1 Å². The van der Waals surface area contributed by atoms with Gasteiger partial charge in [-0.05, 0) is 56.2 Å². The van der Waals surface area contributed by atoms with E-state index in [1.807, 2.05) is 43.3 Å². The van der Waals surface area contributed by atoms with E-state index in [-0.39, 0.29) is 23.1 Å². The summed E-state index contributed by atoms with van der Waals surface area (Å²) in [5.74, 6) is 0.524. The maximum Gasteiger partial charge on any atom is 0.253 e. The van der Waals surface area contributed by atoms with Gasteiger partial charge < -0.3 is 15.4 Å². The van der Waals surface area contributed by atoms with Crippen LogP contribution in [0.25, 0.3) is 0 Å². The van der Waals surface area contributed by atoms with Crippen LogP contribution in [0.15, 0.2) is 53.4 Å². The minimum atomic E-state index is -0.308. The molecule has 0 spiro atoms. The third-order valence-electron chi connectivity index (χ3n) is 5.11. The predicted octanol–water partition coefficient (Wildman–Crippen LogP) is 4.88. The van der Waals surface area contributed by atoms with Crippen LogP contribution in [-0.4, -0.2) is 30.2 Å². The summed E-state index contributed by atoms with van der Waals surface area (Å²) in [6.07, 6.45) is 5.60. The van der Waals surface area contributed by atoms with E-state index in [0.717, 1.165) is 36.3 Å². The Bertz CT molecular complexity index is 832. The SMILES string of the molecule is COc1ccc(S[C@@H](C)C(=O)Nc2ccccc2C(=O)NC2CCCCC2)cc1. The van der Waals surface area contributed by atoms with Gasteiger partial charge in [0.05, 0.1) is 23.6 Å². The summed E-state index contributed by atoms with van der Waals surface area (Å²) in [4.78, 5) is 26.5. The first kappa shape index (κ1) is 21.2. The van der Waals surface area contributed by atoms with Gasteiger partial charge in [-0.1, -0.05) is 31.4 Å². The molecule has 5 nitrogen and oxygen atoms in total. The number of thioether (sulfide) groups is 1. The minimum Gasteiger partial charge on any atom is -0.497 e. The van der Waals surface area contributed by atoms with E-state index in [0.29, 0.717) is 11.3 Å². The van der Waals surface area contributed by atoms with Crippen molar-refractivity contribution < 1.29 is 14.3 Å². The first-order valence-corrected chi connectivity index (χ1v) is 11.0. The smallest absolute Gasteiger partial charge is 0.253 e. The number of anilines is 1. The molecular formula is C23H28N2O3S. The Morgan fingerprint density at radius 1 is 1.03 bits per heavy atom. The Hall–Kier alpha value is -2.47. The van der Waals surface area contributed by atoms with Crippen LogP contribution in [-0.2, 0) is 4.79 Å². The maximum absolute atomic E-state index is 12.8. The first-order valence-electron chi connectivity index (χ1n) is 10.1. The van der Waals surface area contributed by atoms with Crippen LogP contribution < -0.4 is 15.4 Å². The summed E-state index contributed by atoms with van der Waals surface area (Å²) in [7, 11) is 1.63. The second-order valence-corrected chi connectivity index (χ2v) is 8.69. The van der Waals surface area contributed by atoms with Gasteiger partial charge in [0.25, 0.3) is 5.91 Å². The molecule has 0 aliphatic heterocycles. The van der Waals surface area contributed by atoms with Crippen LogP contribution in [0.1, 0.15) is 49.4 Å². The van der Waals surface area contributed by atoms with Gasteiger partial charge in [-0.3, -0.25) is 9.59 Å². The van der Waals surface area contributed by atoms with E-state index < -0.39 is 0 Å². The lowest BCUT2D eigenvalue weighted by atomic mass is 9.95. The van der Waals surface area contributed by atoms with Crippen molar-refractivity contribution >= 4 is 29.3 Å². The van der Waals surface area contributed by atoms with Crippen LogP contribution >= 0.6 is 11.8 Å². The first-order chi connectivity index (χ1) is 14.1. The van der Waals surface area contributed by atoms with Crippen LogP contribution in [0.2, 0.25) is 0 Å². The Balaban J connectivity index is 1.62. The van der Waals surface area contributed by atoms with Crippen LogP contribution in [0.5, 0.6) is 5.75 Å². The summed E-state index contributed by atoms with van der Waals surface area (Å²) in [5.41, 5.74) is 1.06. The van der Waals surface area contributed by atoms with Crippen molar-refractivity contribution in [3.8, 4) is 5.75 Å². The molecule has 0 heterocycles. The third-order valence-corrected chi connectivity index (χ3v) is 6.22. The number of carbonyl (C=O) groups excluding carboxylic acids is 2. The number of hydrogen-bond acceptors (Lipinski definition) is 4. The number of rotatable bonds is 7. The fourth-order valence-electron chi connectivity index (χ4n) is 3.45. The monoisotopic (exact) mass is 412 g/mol. The van der Waals surface area contributed by atoms with Gasteiger partial charge in [-0.15, -0.1) is 11.8 Å². The molecule has 0 unspecified atom stereocenters. The molecular weight excluding hydrogens is 384 g/mol. The lowest BCUT2D eigenvalue weighted by molar-refractivity contribution is -0.115. The number of benzene rings is 2. The highest BCUT2D eigenvalue weighted by molar-refractivity contribution is 8.00. The van der Waals surface area contributed by atoms with Crippen LogP contribution in [0, 0.1) is 0 Å². The Labute approximate surface area is 176 Å². The zero-order chi connectivity index (χ0) is 20.6. The second-order valence-electron chi connectivity index (χ2n) is 7.28. The molecule has 29 heavy (non-hydrogen) atoms. The van der Waals surface area contributed by atoms with Gasteiger partial charge >= 0.3 is 0 Å². The van der Waals surface area contributed by atoms with E-state index in [4.69, 9.17) is 4.74 Å². The zero-order valence-corrected chi connectivity index (χ0v) is 17.8. The van der Waals surface area contributed by atoms with Gasteiger partial charge in [0, 0.05) is 10.9 Å². The average Bonchev–Trinajstić information content (AvgIpc) is 2.75. The number of para-hydroxylation sites is 1. The molecule has 3 rings (SSSR count). The van der Waals surface area contributed by atoms with Gasteiger partial charge in [-0.25, -0.2) is 0 Å². The Morgan fingerprint density at radius 3 is 2.41 bits per heavy atom. The van der Waals surface area contributed by atoms with Gasteiger partial charge in [0.1, 0.15) is 5.75 Å². The van der Waals surface area contributed by atoms with E-state index in [9.17, 15) is 9.59 Å². The number of ether oxygens (including phenoxy) is 1. The summed E-state index contributed by atoms with van der Waals surface area (Å²) in [5, 5.41) is 5.74. The third kappa shape index (κ3) is 6.00. The number of hydrogen-bond donors (Lipinski definition) is 2. The summed E-state index contributed by atoms with van der Waals surface area (Å²) < 4.78 is 5.16. The molecule has 1 atom stereocenters. The molecule has 1 aliphatic carbocycles. The van der Waals surface area contributed by atoms with Crippen molar-refractivity contribution in [2.45, 2.75) is 55.2 Å². The molecule has 1 saturated carbocycles. The lowest BCUT2D eigenvalue weighted by Crippen LogP contribution is -2.36. The van der Waals surface area contributed by atoms with E-state index >= 15 is 0 Å². The lowest BCUT2D eigenvalue weighted by Gasteiger charge is -2.23. The molecule has 0 radical (unpaired) electrons. The summed E-state index contributed by atoms with van der Waals surface area (Å²) >= 11 is 1.46. The standard InChI is InChI=1S/C23H28N2O3S/c1-16(29-19-14-12-18(28-2)13-15-19)22(26)25-21-11-7-6-10-20(21)23(27)24-17-8-4-3-5-9-17/h6-7,10-17H,3-5,8-9H2,1-2H3,(H,24,27)(H,25,26)/t16-/m0/s1. The van der Waals surface area contributed by atoms with Crippen molar-refractivity contribution in [1.29, 1.82) is 0 Å². The molecule has 0 bridgehead atoms. The van der Waals surface area contributed by atoms with Crippen molar-refractivity contribution in [3.63, 3.8) is 0 Å². The predicted molar refractivity (Wildman–Crippen MR) is 118 cm³/mol. The molecule has 2 aromatic carbocycles. The van der Waals surface area contributed by atoms with Crippen molar-refractivity contribution in [1.82, 2.24) is 5.32 Å². The molecule has 1 fully saturated rings. The minimum absolute atomic E-state index is 0.122. The van der Waals surface area contributed by atoms with E-state index in [2.05, 4.69) is 10.6 Å². The quantitative estimate of drug-likeness (QED) is 0.636. The molecule has 154 valence electrons. The van der Waals surface area contributed by atoms with Gasteiger partial charge in [-0.2, -0.15) is 0 Å².